The minimum atomic E-state index is -0.388. The van der Waals surface area contributed by atoms with Crippen LogP contribution in [0.4, 0.5) is 5.69 Å². The van der Waals surface area contributed by atoms with Crippen LogP contribution in [0.5, 0.6) is 5.75 Å². The van der Waals surface area contributed by atoms with Crippen LogP contribution in [0.1, 0.15) is 5.69 Å². The first kappa shape index (κ1) is 17.9. The summed E-state index contributed by atoms with van der Waals surface area (Å²) in [6, 6.07) is 7.73. The van der Waals surface area contributed by atoms with Crippen LogP contribution >= 0.6 is 0 Å². The zero-order valence-corrected chi connectivity index (χ0v) is 16.3. The molecule has 0 aliphatic heterocycles. The number of methoxy groups -OCH3 is 1. The molecule has 4 rings (SSSR count). The molecule has 1 aromatic carbocycles. The summed E-state index contributed by atoms with van der Waals surface area (Å²) in [5.74, 6) is 1.43. The molecule has 0 aliphatic rings. The first-order chi connectivity index (χ1) is 13.4. The van der Waals surface area contributed by atoms with E-state index in [4.69, 9.17) is 4.74 Å². The van der Waals surface area contributed by atoms with Gasteiger partial charge in [0.15, 0.2) is 11.2 Å². The molecule has 0 saturated heterocycles. The fourth-order valence-corrected chi connectivity index (χ4v) is 3.45. The van der Waals surface area contributed by atoms with Crippen LogP contribution in [-0.4, -0.2) is 36.7 Å². The Morgan fingerprint density at radius 2 is 1.96 bits per heavy atom. The summed E-state index contributed by atoms with van der Waals surface area (Å²) in [5.41, 5.74) is 2.00. The number of anilines is 1. The number of aryl methyl sites for hydroxylation is 2. The van der Waals surface area contributed by atoms with Crippen LogP contribution in [0.2, 0.25) is 0 Å². The summed E-state index contributed by atoms with van der Waals surface area (Å²) in [4.78, 5) is 29.4. The van der Waals surface area contributed by atoms with Gasteiger partial charge >= 0.3 is 5.69 Å². The van der Waals surface area contributed by atoms with Gasteiger partial charge in [-0.25, -0.2) is 4.79 Å². The van der Waals surface area contributed by atoms with Gasteiger partial charge in [0, 0.05) is 50.8 Å². The zero-order valence-electron chi connectivity index (χ0n) is 16.3. The third-order valence-corrected chi connectivity index (χ3v) is 4.99. The molecule has 9 nitrogen and oxygen atoms in total. The molecule has 0 fully saturated rings. The molecule has 3 aromatic heterocycles. The molecule has 3 heterocycles. The number of nitrogens with one attached hydrogen (secondary N) is 1. The Hall–Kier alpha value is -3.49. The minimum absolute atomic E-state index is 0.350. The zero-order chi connectivity index (χ0) is 20.0. The Morgan fingerprint density at radius 3 is 2.71 bits per heavy atom. The molecule has 0 spiro atoms. The van der Waals surface area contributed by atoms with Crippen LogP contribution < -0.4 is 21.3 Å². The number of hydrogen-bond donors (Lipinski definition) is 1. The van der Waals surface area contributed by atoms with Gasteiger partial charge in [0.25, 0.3) is 5.56 Å². The smallest absolute Gasteiger partial charge is 0.332 e. The molecule has 0 unspecified atom stereocenters. The quantitative estimate of drug-likeness (QED) is 0.559. The lowest BCUT2D eigenvalue weighted by atomic mass is 10.3. The highest BCUT2D eigenvalue weighted by Gasteiger charge is 2.18. The second kappa shape index (κ2) is 6.59. The monoisotopic (exact) mass is 382 g/mol. The van der Waals surface area contributed by atoms with Crippen LogP contribution in [0.3, 0.4) is 0 Å². The third-order valence-electron chi connectivity index (χ3n) is 4.99. The average molecular weight is 382 g/mol. The molecular formula is C19H22N6O3. The van der Waals surface area contributed by atoms with Gasteiger partial charge < -0.3 is 14.6 Å². The molecule has 0 aliphatic carbocycles. The van der Waals surface area contributed by atoms with Gasteiger partial charge in [0.2, 0.25) is 5.78 Å². The molecule has 0 saturated carbocycles. The summed E-state index contributed by atoms with van der Waals surface area (Å²) in [6.07, 6.45) is 1.88. The van der Waals surface area contributed by atoms with E-state index in [1.165, 1.54) is 11.6 Å². The van der Waals surface area contributed by atoms with E-state index in [0.717, 1.165) is 21.7 Å². The van der Waals surface area contributed by atoms with Crippen LogP contribution in [-0.2, 0) is 20.6 Å². The van der Waals surface area contributed by atoms with Gasteiger partial charge in [-0.15, -0.1) is 0 Å². The summed E-state index contributed by atoms with van der Waals surface area (Å²) >= 11 is 0. The van der Waals surface area contributed by atoms with E-state index in [1.807, 2.05) is 42.0 Å². The summed E-state index contributed by atoms with van der Waals surface area (Å²) in [7, 11) is 4.74. The van der Waals surface area contributed by atoms with Crippen LogP contribution in [0.15, 0.2) is 40.1 Å². The Morgan fingerprint density at radius 1 is 1.18 bits per heavy atom. The lowest BCUT2D eigenvalue weighted by molar-refractivity contribution is 0.415. The summed E-state index contributed by atoms with van der Waals surface area (Å²) < 4.78 is 11.5. The second-order valence-electron chi connectivity index (χ2n) is 6.74. The predicted molar refractivity (Wildman–Crippen MR) is 107 cm³/mol. The molecule has 0 radical (unpaired) electrons. The van der Waals surface area contributed by atoms with Gasteiger partial charge in [0.05, 0.1) is 7.11 Å². The highest BCUT2D eigenvalue weighted by molar-refractivity contribution is 5.75. The number of hydrogen-bond acceptors (Lipinski definition) is 5. The van der Waals surface area contributed by atoms with E-state index in [2.05, 4.69) is 10.3 Å². The van der Waals surface area contributed by atoms with Gasteiger partial charge in [-0.2, -0.15) is 4.98 Å². The van der Waals surface area contributed by atoms with Gasteiger partial charge in [0.1, 0.15) is 5.75 Å². The lowest BCUT2D eigenvalue weighted by Crippen LogP contribution is -2.37. The van der Waals surface area contributed by atoms with Crippen molar-refractivity contribution in [2.24, 2.45) is 14.1 Å². The van der Waals surface area contributed by atoms with Crippen molar-refractivity contribution < 1.29 is 4.74 Å². The summed E-state index contributed by atoms with van der Waals surface area (Å²) in [5, 5.41) is 3.37. The number of fused-ring (bicyclic) bond motifs is 3. The van der Waals surface area contributed by atoms with Crippen molar-refractivity contribution in [3.8, 4) is 5.75 Å². The topological polar surface area (TPSA) is 87.5 Å². The fourth-order valence-electron chi connectivity index (χ4n) is 3.45. The molecule has 146 valence electrons. The summed E-state index contributed by atoms with van der Waals surface area (Å²) in [6.45, 7) is 3.29. The largest absolute Gasteiger partial charge is 0.497 e. The maximum atomic E-state index is 12.6. The maximum Gasteiger partial charge on any atom is 0.332 e. The lowest BCUT2D eigenvalue weighted by Gasteiger charge is -2.10. The van der Waals surface area contributed by atoms with Crippen molar-refractivity contribution >= 4 is 22.6 Å². The van der Waals surface area contributed by atoms with E-state index >= 15 is 0 Å². The normalized spacial score (nSPS) is 11.4. The number of ether oxygens (including phenoxy) is 1. The molecule has 1 N–H and O–H groups in total. The average Bonchev–Trinajstić information content (AvgIpc) is 3.20. The molecule has 0 amide bonds. The Bertz CT molecular complexity index is 1310. The Kier molecular flexibility index (Phi) is 4.21. The van der Waals surface area contributed by atoms with E-state index in [1.54, 1.807) is 18.6 Å². The molecule has 0 atom stereocenters. The van der Waals surface area contributed by atoms with Crippen molar-refractivity contribution in [3.05, 3.63) is 57.0 Å². The predicted octanol–water partition coefficient (Wildman–Crippen LogP) is 1.12. The fraction of sp³-hybridized carbons (Fsp3) is 0.316. The minimum Gasteiger partial charge on any atom is -0.497 e. The number of imidazole rings is 2. The van der Waals surface area contributed by atoms with Crippen molar-refractivity contribution in [1.29, 1.82) is 0 Å². The van der Waals surface area contributed by atoms with Crippen molar-refractivity contribution in [1.82, 2.24) is 23.1 Å². The van der Waals surface area contributed by atoms with E-state index in [0.29, 0.717) is 30.0 Å². The molecule has 28 heavy (non-hydrogen) atoms. The van der Waals surface area contributed by atoms with Gasteiger partial charge in [-0.05, 0) is 19.1 Å². The highest BCUT2D eigenvalue weighted by Crippen LogP contribution is 2.18. The number of benzene rings is 1. The first-order valence-corrected chi connectivity index (χ1v) is 8.94. The third kappa shape index (κ3) is 2.67. The van der Waals surface area contributed by atoms with E-state index in [9.17, 15) is 9.59 Å². The molecular weight excluding hydrogens is 360 g/mol. The van der Waals surface area contributed by atoms with Gasteiger partial charge in [-0.1, -0.05) is 6.07 Å². The van der Waals surface area contributed by atoms with Crippen LogP contribution in [0.25, 0.3) is 16.9 Å². The van der Waals surface area contributed by atoms with Crippen molar-refractivity contribution in [3.63, 3.8) is 0 Å². The van der Waals surface area contributed by atoms with Crippen molar-refractivity contribution in [2.45, 2.75) is 13.5 Å². The second-order valence-corrected chi connectivity index (χ2v) is 6.74. The molecule has 4 aromatic rings. The molecule has 0 bridgehead atoms. The first-order valence-electron chi connectivity index (χ1n) is 8.94. The van der Waals surface area contributed by atoms with Gasteiger partial charge in [-0.3, -0.25) is 18.3 Å². The van der Waals surface area contributed by atoms with Crippen LogP contribution in [0, 0.1) is 6.92 Å². The maximum absolute atomic E-state index is 12.6. The SMILES string of the molecule is COc1cccc(NCCn2c(C)cn3c4c(=O)n(C)c(=O)n(C)c4nc23)c1. The van der Waals surface area contributed by atoms with E-state index in [-0.39, 0.29) is 11.2 Å². The Labute approximate surface area is 160 Å². The Balaban J connectivity index is 1.70. The van der Waals surface area contributed by atoms with E-state index < -0.39 is 0 Å². The standard InChI is InChI=1S/C19H22N6O3/c1-12-11-25-15-16(22(2)19(27)23(3)17(15)26)21-18(25)24(12)9-8-20-13-6-5-7-14(10-13)28-4/h5-7,10-11,20H,8-9H2,1-4H3. The number of aromatic nitrogens is 5. The number of rotatable bonds is 5. The molecule has 9 heteroatoms. The number of nitrogens with zero attached hydrogens (tertiary/aromatic N) is 5. The van der Waals surface area contributed by atoms with Crippen molar-refractivity contribution in [2.75, 3.05) is 19.0 Å². The highest BCUT2D eigenvalue weighted by atomic mass is 16.5.